The lowest BCUT2D eigenvalue weighted by Gasteiger charge is -2.21. The summed E-state index contributed by atoms with van der Waals surface area (Å²) in [7, 11) is 0. The molecule has 0 spiro atoms. The first kappa shape index (κ1) is 20.5. The Labute approximate surface area is 174 Å². The van der Waals surface area contributed by atoms with Gasteiger partial charge in [0.1, 0.15) is 5.71 Å². The molecule has 0 radical (unpaired) electrons. The number of amides is 2. The molecule has 0 aromatic heterocycles. The monoisotopic (exact) mass is 440 g/mol. The smallest absolute Gasteiger partial charge is 0.277 e. The highest BCUT2D eigenvalue weighted by atomic mass is 79.9. The van der Waals surface area contributed by atoms with E-state index in [1.807, 2.05) is 48.2 Å². The molecule has 2 aromatic carbocycles. The Bertz CT molecular complexity index is 849. The predicted octanol–water partition coefficient (Wildman–Crippen LogP) is 4.98. The van der Waals surface area contributed by atoms with Crippen LogP contribution in [0.1, 0.15) is 47.2 Å². The number of carbonyl (C=O) groups excluding carboxylic acids is 2. The average Bonchev–Trinajstić information content (AvgIpc) is 2.98. The summed E-state index contributed by atoms with van der Waals surface area (Å²) < 4.78 is 0.976. The summed E-state index contributed by atoms with van der Waals surface area (Å²) in [6.07, 6.45) is 4.64. The molecule has 0 aliphatic carbocycles. The first-order chi connectivity index (χ1) is 13.5. The molecule has 2 aromatic rings. The number of halogens is 1. The number of carbonyl (C=O) groups is 2. The average molecular weight is 441 g/mol. The fourth-order valence-corrected chi connectivity index (χ4v) is 3.56. The molecule has 0 bridgehead atoms. The molecule has 1 aliphatic heterocycles. The Hall–Kier alpha value is -2.27. The fraction of sp³-hybridized carbons (Fsp3) is 0.348. The zero-order valence-corrected chi connectivity index (χ0v) is 17.7. The molecule has 4 nitrogen and oxygen atoms in total. The number of hydrogen-bond acceptors (Lipinski definition) is 2. The van der Waals surface area contributed by atoms with Gasteiger partial charge in [-0.05, 0) is 49.6 Å². The van der Waals surface area contributed by atoms with Crippen LogP contribution in [0.2, 0.25) is 0 Å². The van der Waals surface area contributed by atoms with E-state index < -0.39 is 0 Å². The van der Waals surface area contributed by atoms with Gasteiger partial charge in [-0.1, -0.05) is 58.6 Å². The molecule has 1 saturated heterocycles. The molecule has 1 fully saturated rings. The summed E-state index contributed by atoms with van der Waals surface area (Å²) in [4.78, 5) is 32.0. The van der Waals surface area contributed by atoms with Crippen molar-refractivity contribution in [2.24, 2.45) is 4.99 Å². The van der Waals surface area contributed by atoms with Crippen LogP contribution in [0.25, 0.3) is 0 Å². The van der Waals surface area contributed by atoms with Gasteiger partial charge < -0.3 is 4.90 Å². The molecule has 28 heavy (non-hydrogen) atoms. The molecule has 1 heterocycles. The first-order valence-corrected chi connectivity index (χ1v) is 10.5. The molecule has 0 N–H and O–H groups in total. The lowest BCUT2D eigenvalue weighted by Crippen LogP contribution is -2.38. The summed E-state index contributed by atoms with van der Waals surface area (Å²) in [5.41, 5.74) is 2.86. The molecule has 1 aliphatic rings. The van der Waals surface area contributed by atoms with E-state index >= 15 is 0 Å². The fourth-order valence-electron chi connectivity index (χ4n) is 3.30. The number of rotatable bonds is 4. The van der Waals surface area contributed by atoms with Crippen LogP contribution >= 0.6 is 15.9 Å². The number of benzene rings is 2. The van der Waals surface area contributed by atoms with Crippen molar-refractivity contribution < 1.29 is 9.59 Å². The lowest BCUT2D eigenvalue weighted by molar-refractivity contribution is -0.124. The highest BCUT2D eigenvalue weighted by molar-refractivity contribution is 9.10. The zero-order chi connectivity index (χ0) is 19.9. The molecule has 146 valence electrons. The Balaban J connectivity index is 1.87. The van der Waals surface area contributed by atoms with Gasteiger partial charge in [-0.2, -0.15) is 0 Å². The van der Waals surface area contributed by atoms with Crippen LogP contribution in [0.4, 0.5) is 0 Å². The quantitative estimate of drug-likeness (QED) is 0.629. The van der Waals surface area contributed by atoms with Crippen molar-refractivity contribution in [3.63, 3.8) is 0 Å². The number of likely N-dealkylation sites (tertiary alicyclic amines) is 1. The minimum absolute atomic E-state index is 0.120. The van der Waals surface area contributed by atoms with Gasteiger partial charge in [0.05, 0.1) is 0 Å². The minimum Gasteiger partial charge on any atom is -0.338 e. The van der Waals surface area contributed by atoms with Gasteiger partial charge in [0.15, 0.2) is 0 Å². The van der Waals surface area contributed by atoms with Gasteiger partial charge in [0.2, 0.25) is 0 Å². The molecule has 0 saturated carbocycles. The Kier molecular flexibility index (Phi) is 7.15. The second-order valence-electron chi connectivity index (χ2n) is 7.24. The lowest BCUT2D eigenvalue weighted by atomic mass is 10.1. The summed E-state index contributed by atoms with van der Waals surface area (Å²) in [5, 5.41) is 0. The van der Waals surface area contributed by atoms with Crippen molar-refractivity contribution in [2.75, 3.05) is 13.1 Å². The molecular formula is C23H25BrN2O2. The van der Waals surface area contributed by atoms with E-state index in [9.17, 15) is 9.59 Å². The van der Waals surface area contributed by atoms with E-state index in [0.29, 0.717) is 17.7 Å². The third-order valence-electron chi connectivity index (χ3n) is 4.96. The van der Waals surface area contributed by atoms with Crippen LogP contribution in [0.5, 0.6) is 0 Å². The highest BCUT2D eigenvalue weighted by Crippen LogP contribution is 2.15. The maximum Gasteiger partial charge on any atom is 0.277 e. The van der Waals surface area contributed by atoms with E-state index in [0.717, 1.165) is 54.4 Å². The highest BCUT2D eigenvalue weighted by Gasteiger charge is 2.22. The molecule has 0 atom stereocenters. The standard InChI is InChI=1S/C23H25BrN2O2/c1-17-6-10-19(11-7-17)22(27)25-21(16-18-8-12-20(24)13-9-18)23(28)26-14-4-2-3-5-15-26/h6-13H,2-5,14-16H2,1H3. The van der Waals surface area contributed by atoms with Crippen molar-refractivity contribution in [3.8, 4) is 0 Å². The van der Waals surface area contributed by atoms with E-state index in [2.05, 4.69) is 20.9 Å². The van der Waals surface area contributed by atoms with Crippen molar-refractivity contribution in [2.45, 2.75) is 39.0 Å². The van der Waals surface area contributed by atoms with Crippen LogP contribution in [0, 0.1) is 6.92 Å². The molecular weight excluding hydrogens is 416 g/mol. The van der Waals surface area contributed by atoms with Gasteiger partial charge in [-0.3, -0.25) is 9.59 Å². The number of aryl methyl sites for hydroxylation is 1. The molecule has 3 rings (SSSR count). The molecule has 0 unspecified atom stereocenters. The maximum absolute atomic E-state index is 13.2. The van der Waals surface area contributed by atoms with Crippen LogP contribution in [0.15, 0.2) is 58.0 Å². The van der Waals surface area contributed by atoms with Crippen molar-refractivity contribution in [1.82, 2.24) is 4.90 Å². The van der Waals surface area contributed by atoms with Gasteiger partial charge >= 0.3 is 0 Å². The number of aliphatic imine (C=N–C) groups is 1. The first-order valence-electron chi connectivity index (χ1n) is 9.75. The molecule has 5 heteroatoms. The van der Waals surface area contributed by atoms with Crippen molar-refractivity contribution in [3.05, 3.63) is 69.7 Å². The van der Waals surface area contributed by atoms with Gasteiger partial charge in [0.25, 0.3) is 11.8 Å². The Morgan fingerprint density at radius 1 is 0.929 bits per heavy atom. The predicted molar refractivity (Wildman–Crippen MR) is 116 cm³/mol. The van der Waals surface area contributed by atoms with E-state index in [1.54, 1.807) is 12.1 Å². The summed E-state index contributed by atoms with van der Waals surface area (Å²) in [6, 6.07) is 15.1. The minimum atomic E-state index is -0.365. The van der Waals surface area contributed by atoms with Crippen LogP contribution in [0.3, 0.4) is 0 Å². The summed E-state index contributed by atoms with van der Waals surface area (Å²) in [6.45, 7) is 3.44. The van der Waals surface area contributed by atoms with E-state index in [4.69, 9.17) is 0 Å². The van der Waals surface area contributed by atoms with Gasteiger partial charge in [0, 0.05) is 29.5 Å². The van der Waals surface area contributed by atoms with Crippen LogP contribution in [-0.2, 0) is 11.2 Å². The van der Waals surface area contributed by atoms with Gasteiger partial charge in [-0.15, -0.1) is 0 Å². The Morgan fingerprint density at radius 3 is 2.14 bits per heavy atom. The SMILES string of the molecule is Cc1ccc(C(=O)N=C(Cc2ccc(Br)cc2)C(=O)N2CCCCCC2)cc1. The third kappa shape index (κ3) is 5.61. The second kappa shape index (κ2) is 9.78. The third-order valence-corrected chi connectivity index (χ3v) is 5.49. The summed E-state index contributed by atoms with van der Waals surface area (Å²) >= 11 is 3.43. The largest absolute Gasteiger partial charge is 0.338 e. The van der Waals surface area contributed by atoms with Crippen molar-refractivity contribution in [1.29, 1.82) is 0 Å². The maximum atomic E-state index is 13.2. The zero-order valence-electron chi connectivity index (χ0n) is 16.2. The van der Waals surface area contributed by atoms with Crippen LogP contribution < -0.4 is 0 Å². The number of nitrogens with zero attached hydrogens (tertiary/aromatic N) is 2. The van der Waals surface area contributed by atoms with Crippen LogP contribution in [-0.4, -0.2) is 35.5 Å². The topological polar surface area (TPSA) is 49.7 Å². The van der Waals surface area contributed by atoms with E-state index in [-0.39, 0.29) is 11.8 Å². The normalized spacial score (nSPS) is 15.2. The Morgan fingerprint density at radius 2 is 1.54 bits per heavy atom. The summed E-state index contributed by atoms with van der Waals surface area (Å²) in [5.74, 6) is -0.486. The van der Waals surface area contributed by atoms with Crippen molar-refractivity contribution >= 4 is 33.5 Å². The molecule has 2 amide bonds. The second-order valence-corrected chi connectivity index (χ2v) is 8.16. The van der Waals surface area contributed by atoms with Gasteiger partial charge in [-0.25, -0.2) is 4.99 Å². The van der Waals surface area contributed by atoms with E-state index in [1.165, 1.54) is 0 Å². The number of hydrogen-bond donors (Lipinski definition) is 0.